The predicted octanol–water partition coefficient (Wildman–Crippen LogP) is 3.81. The molecule has 0 bridgehead atoms. The van der Waals surface area contributed by atoms with Crippen LogP contribution in [0.3, 0.4) is 0 Å². The summed E-state index contributed by atoms with van der Waals surface area (Å²) in [6, 6.07) is 6.87. The van der Waals surface area contributed by atoms with Gasteiger partial charge >= 0.3 is 0 Å². The second-order valence-electron chi connectivity index (χ2n) is 3.09. The van der Waals surface area contributed by atoms with Crippen molar-refractivity contribution in [2.45, 2.75) is 32.6 Å². The number of hydrogen-bond donors (Lipinski definition) is 0. The summed E-state index contributed by atoms with van der Waals surface area (Å²) in [4.78, 5) is 0. The monoisotopic (exact) mass is 192 g/mol. The standard InChI is InChI=1S/C11H15F.C2H2/c1-2-3-4-6-10-7-5-8-11(12)9-10;1-2/h5,7-9H,2-4,6H2,1H3;1-2H. The summed E-state index contributed by atoms with van der Waals surface area (Å²) in [6.07, 6.45) is 12.6. The van der Waals surface area contributed by atoms with Gasteiger partial charge in [-0.15, -0.1) is 12.8 Å². The first-order valence-electron chi connectivity index (χ1n) is 4.90. The molecule has 0 aliphatic rings. The van der Waals surface area contributed by atoms with Crippen LogP contribution in [-0.4, -0.2) is 0 Å². The van der Waals surface area contributed by atoms with Gasteiger partial charge in [0, 0.05) is 0 Å². The van der Waals surface area contributed by atoms with Crippen LogP contribution in [0, 0.1) is 18.7 Å². The zero-order valence-electron chi connectivity index (χ0n) is 8.67. The summed E-state index contributed by atoms with van der Waals surface area (Å²) >= 11 is 0. The molecule has 0 spiro atoms. The lowest BCUT2D eigenvalue weighted by atomic mass is 10.1. The molecule has 0 fully saturated rings. The highest BCUT2D eigenvalue weighted by atomic mass is 19.1. The van der Waals surface area contributed by atoms with Gasteiger partial charge in [-0.05, 0) is 30.5 Å². The normalized spacial score (nSPS) is 8.86. The van der Waals surface area contributed by atoms with E-state index in [9.17, 15) is 4.39 Å². The van der Waals surface area contributed by atoms with E-state index < -0.39 is 0 Å². The fourth-order valence-electron chi connectivity index (χ4n) is 1.27. The minimum Gasteiger partial charge on any atom is -0.207 e. The summed E-state index contributed by atoms with van der Waals surface area (Å²) in [5, 5.41) is 0. The van der Waals surface area contributed by atoms with Crippen molar-refractivity contribution < 1.29 is 4.39 Å². The number of halogens is 1. The van der Waals surface area contributed by atoms with E-state index in [1.807, 2.05) is 6.07 Å². The Bertz CT molecular complexity index is 263. The van der Waals surface area contributed by atoms with Crippen molar-refractivity contribution in [2.24, 2.45) is 0 Å². The van der Waals surface area contributed by atoms with Crippen molar-refractivity contribution in [3.05, 3.63) is 35.6 Å². The minimum atomic E-state index is -0.121. The van der Waals surface area contributed by atoms with Crippen molar-refractivity contribution in [1.82, 2.24) is 0 Å². The molecule has 0 saturated heterocycles. The maximum atomic E-state index is 12.7. The molecule has 0 nitrogen and oxygen atoms in total. The number of aryl methyl sites for hydroxylation is 1. The average molecular weight is 192 g/mol. The molecule has 0 atom stereocenters. The number of benzene rings is 1. The third-order valence-electron chi connectivity index (χ3n) is 1.96. The van der Waals surface area contributed by atoms with Gasteiger partial charge in [0.05, 0.1) is 0 Å². The Balaban J connectivity index is 0.000000791. The highest BCUT2D eigenvalue weighted by molar-refractivity contribution is 5.16. The topological polar surface area (TPSA) is 0 Å². The molecule has 1 aromatic rings. The van der Waals surface area contributed by atoms with Gasteiger partial charge < -0.3 is 0 Å². The summed E-state index contributed by atoms with van der Waals surface area (Å²) in [6.45, 7) is 2.17. The first kappa shape index (κ1) is 12.7. The first-order chi connectivity index (χ1) is 6.83. The van der Waals surface area contributed by atoms with E-state index >= 15 is 0 Å². The van der Waals surface area contributed by atoms with Gasteiger partial charge in [0.25, 0.3) is 0 Å². The molecule has 0 radical (unpaired) electrons. The quantitative estimate of drug-likeness (QED) is 0.502. The third kappa shape index (κ3) is 5.37. The maximum absolute atomic E-state index is 12.7. The van der Waals surface area contributed by atoms with Crippen LogP contribution in [-0.2, 0) is 6.42 Å². The van der Waals surface area contributed by atoms with Gasteiger partial charge in [-0.1, -0.05) is 31.9 Å². The molecule has 0 N–H and O–H groups in total. The van der Waals surface area contributed by atoms with Gasteiger partial charge in [0.15, 0.2) is 0 Å². The molecule has 76 valence electrons. The van der Waals surface area contributed by atoms with E-state index in [4.69, 9.17) is 0 Å². The molecule has 0 aromatic heterocycles. The Morgan fingerprint density at radius 3 is 2.50 bits per heavy atom. The smallest absolute Gasteiger partial charge is 0.123 e. The molecule has 1 rings (SSSR count). The summed E-state index contributed by atoms with van der Waals surface area (Å²) in [5.41, 5.74) is 1.11. The second-order valence-corrected chi connectivity index (χ2v) is 3.09. The van der Waals surface area contributed by atoms with E-state index in [0.29, 0.717) is 0 Å². The summed E-state index contributed by atoms with van der Waals surface area (Å²) in [5.74, 6) is -0.121. The van der Waals surface area contributed by atoms with E-state index in [0.717, 1.165) is 12.0 Å². The number of unbranched alkanes of at least 4 members (excludes halogenated alkanes) is 2. The SMILES string of the molecule is C#C.CCCCCc1cccc(F)c1. The number of hydrogen-bond acceptors (Lipinski definition) is 0. The largest absolute Gasteiger partial charge is 0.207 e. The Morgan fingerprint density at radius 1 is 1.21 bits per heavy atom. The van der Waals surface area contributed by atoms with Gasteiger partial charge in [0.1, 0.15) is 5.82 Å². The summed E-state index contributed by atoms with van der Waals surface area (Å²) < 4.78 is 12.7. The van der Waals surface area contributed by atoms with Crippen LogP contribution in [0.25, 0.3) is 0 Å². The van der Waals surface area contributed by atoms with E-state index in [-0.39, 0.29) is 5.82 Å². The van der Waals surface area contributed by atoms with Gasteiger partial charge in [0.2, 0.25) is 0 Å². The van der Waals surface area contributed by atoms with Crippen LogP contribution in [0.15, 0.2) is 24.3 Å². The van der Waals surface area contributed by atoms with E-state index in [2.05, 4.69) is 19.8 Å². The molecule has 0 heterocycles. The van der Waals surface area contributed by atoms with Crippen LogP contribution in [0.2, 0.25) is 0 Å². The lowest BCUT2D eigenvalue weighted by Crippen LogP contribution is -1.85. The van der Waals surface area contributed by atoms with Crippen LogP contribution >= 0.6 is 0 Å². The predicted molar refractivity (Wildman–Crippen MR) is 59.5 cm³/mol. The zero-order valence-corrected chi connectivity index (χ0v) is 8.67. The molecule has 1 heteroatoms. The van der Waals surface area contributed by atoms with E-state index in [1.165, 1.54) is 25.3 Å². The lowest BCUT2D eigenvalue weighted by molar-refractivity contribution is 0.623. The van der Waals surface area contributed by atoms with Crippen molar-refractivity contribution in [2.75, 3.05) is 0 Å². The minimum absolute atomic E-state index is 0.121. The van der Waals surface area contributed by atoms with Crippen LogP contribution in [0.5, 0.6) is 0 Å². The number of rotatable bonds is 4. The maximum Gasteiger partial charge on any atom is 0.123 e. The lowest BCUT2D eigenvalue weighted by Gasteiger charge is -1.99. The number of terminal acetylenes is 1. The Hall–Kier alpha value is -1.29. The molecule has 0 amide bonds. The van der Waals surface area contributed by atoms with Crippen LogP contribution in [0.1, 0.15) is 31.7 Å². The fourth-order valence-corrected chi connectivity index (χ4v) is 1.27. The third-order valence-corrected chi connectivity index (χ3v) is 1.96. The van der Waals surface area contributed by atoms with Crippen LogP contribution < -0.4 is 0 Å². The van der Waals surface area contributed by atoms with Crippen molar-refractivity contribution in [3.63, 3.8) is 0 Å². The molecule has 0 unspecified atom stereocenters. The van der Waals surface area contributed by atoms with Crippen molar-refractivity contribution in [1.29, 1.82) is 0 Å². The Kier molecular flexibility index (Phi) is 7.55. The molecule has 0 aliphatic carbocycles. The first-order valence-corrected chi connectivity index (χ1v) is 4.90. The molecule has 14 heavy (non-hydrogen) atoms. The van der Waals surface area contributed by atoms with Gasteiger partial charge in [-0.3, -0.25) is 0 Å². The molecule has 0 saturated carbocycles. The molecule has 1 aromatic carbocycles. The van der Waals surface area contributed by atoms with Crippen molar-refractivity contribution in [3.8, 4) is 12.8 Å². The second kappa shape index (κ2) is 8.31. The molecular weight excluding hydrogens is 175 g/mol. The highest BCUT2D eigenvalue weighted by Gasteiger charge is 1.94. The van der Waals surface area contributed by atoms with Gasteiger partial charge in [-0.25, -0.2) is 4.39 Å². The van der Waals surface area contributed by atoms with E-state index in [1.54, 1.807) is 12.1 Å². The summed E-state index contributed by atoms with van der Waals surface area (Å²) in [7, 11) is 0. The molecule has 0 aliphatic heterocycles. The Labute approximate surface area is 86.2 Å². The van der Waals surface area contributed by atoms with Gasteiger partial charge in [-0.2, -0.15) is 0 Å². The Morgan fingerprint density at radius 2 is 1.93 bits per heavy atom. The average Bonchev–Trinajstić information content (AvgIpc) is 2.21. The van der Waals surface area contributed by atoms with Crippen LogP contribution in [0.4, 0.5) is 4.39 Å². The molecular formula is C13H17F. The zero-order chi connectivity index (χ0) is 10.8. The fraction of sp³-hybridized carbons (Fsp3) is 0.385. The highest BCUT2D eigenvalue weighted by Crippen LogP contribution is 2.08. The van der Waals surface area contributed by atoms with Crippen molar-refractivity contribution >= 4 is 0 Å².